The molecule has 0 aromatic heterocycles. The van der Waals surface area contributed by atoms with Gasteiger partial charge < -0.3 is 14.9 Å². The average Bonchev–Trinajstić information content (AvgIpc) is 3.04. The molecule has 1 heterocycles. The van der Waals surface area contributed by atoms with Gasteiger partial charge in [0.1, 0.15) is 17.3 Å². The predicted molar refractivity (Wildman–Crippen MR) is 127 cm³/mol. The first kappa shape index (κ1) is 22.1. The van der Waals surface area contributed by atoms with E-state index in [1.165, 1.54) is 17.0 Å². The maximum Gasteiger partial charge on any atom is 0.300 e. The Labute approximate surface area is 192 Å². The van der Waals surface area contributed by atoms with Crippen molar-refractivity contribution in [1.29, 1.82) is 0 Å². The van der Waals surface area contributed by atoms with Crippen molar-refractivity contribution in [2.24, 2.45) is 0 Å². The van der Waals surface area contributed by atoms with Crippen LogP contribution in [0.2, 0.25) is 0 Å². The van der Waals surface area contributed by atoms with Crippen LogP contribution in [0.1, 0.15) is 33.9 Å². The first-order chi connectivity index (χ1) is 15.7. The molecule has 0 aliphatic carbocycles. The number of carbonyl (C=O) groups excluding carboxylic acids is 2. The van der Waals surface area contributed by atoms with Gasteiger partial charge in [-0.05, 0) is 73.9 Å². The Balaban J connectivity index is 1.97. The number of aromatic hydroxyl groups is 1. The second-order valence-corrected chi connectivity index (χ2v) is 8.23. The minimum absolute atomic E-state index is 0.000989. The highest BCUT2D eigenvalue weighted by molar-refractivity contribution is 6.51. The van der Waals surface area contributed by atoms with Gasteiger partial charge in [0.05, 0.1) is 18.7 Å². The summed E-state index contributed by atoms with van der Waals surface area (Å²) in [6, 6.07) is 16.2. The molecule has 0 bridgehead atoms. The second kappa shape index (κ2) is 8.47. The van der Waals surface area contributed by atoms with E-state index in [0.717, 1.165) is 11.1 Å². The summed E-state index contributed by atoms with van der Waals surface area (Å²) in [6.45, 7) is 5.63. The van der Waals surface area contributed by atoms with Crippen molar-refractivity contribution in [1.82, 2.24) is 0 Å². The number of benzene rings is 3. The summed E-state index contributed by atoms with van der Waals surface area (Å²) in [6.07, 6.45) is 0. The van der Waals surface area contributed by atoms with Gasteiger partial charge in [0.25, 0.3) is 11.7 Å². The molecule has 0 radical (unpaired) electrons. The van der Waals surface area contributed by atoms with E-state index in [9.17, 15) is 19.8 Å². The molecule has 6 nitrogen and oxygen atoms in total. The zero-order chi connectivity index (χ0) is 23.9. The van der Waals surface area contributed by atoms with Crippen LogP contribution in [0, 0.1) is 20.8 Å². The van der Waals surface area contributed by atoms with Crippen molar-refractivity contribution in [2.45, 2.75) is 26.8 Å². The summed E-state index contributed by atoms with van der Waals surface area (Å²) < 4.78 is 5.24. The number of rotatable bonds is 4. The van der Waals surface area contributed by atoms with Gasteiger partial charge in [-0.25, -0.2) is 0 Å². The minimum Gasteiger partial charge on any atom is -0.508 e. The molecule has 0 saturated carbocycles. The molecule has 168 valence electrons. The highest BCUT2D eigenvalue weighted by atomic mass is 16.5. The number of nitrogens with zero attached hydrogens (tertiary/aromatic N) is 1. The van der Waals surface area contributed by atoms with Crippen molar-refractivity contribution in [3.05, 3.63) is 94.1 Å². The lowest BCUT2D eigenvalue weighted by Gasteiger charge is -2.27. The zero-order valence-corrected chi connectivity index (χ0v) is 18.9. The third kappa shape index (κ3) is 3.84. The standard InChI is InChI=1S/C27H25NO5/c1-15-5-12-22(17(3)13-15)28-24(18-6-8-19(29)9-7-18)23(26(31)27(28)32)25(30)21-11-10-20(33-4)14-16(21)2/h5-14,24,29-30H,1-4H3/b25-23+. The molecule has 4 rings (SSSR count). The van der Waals surface area contributed by atoms with Crippen LogP contribution in [0.3, 0.4) is 0 Å². The van der Waals surface area contributed by atoms with E-state index in [0.29, 0.717) is 28.1 Å². The molecular weight excluding hydrogens is 418 g/mol. The van der Waals surface area contributed by atoms with Crippen LogP contribution in [-0.4, -0.2) is 29.0 Å². The molecule has 2 N–H and O–H groups in total. The number of hydrogen-bond acceptors (Lipinski definition) is 5. The highest BCUT2D eigenvalue weighted by Crippen LogP contribution is 2.43. The molecule has 1 aliphatic heterocycles. The molecule has 6 heteroatoms. The number of anilines is 1. The lowest BCUT2D eigenvalue weighted by molar-refractivity contribution is -0.132. The van der Waals surface area contributed by atoms with Gasteiger partial charge in [-0.2, -0.15) is 0 Å². The second-order valence-electron chi connectivity index (χ2n) is 8.23. The van der Waals surface area contributed by atoms with Crippen molar-refractivity contribution in [2.75, 3.05) is 12.0 Å². The van der Waals surface area contributed by atoms with Crippen molar-refractivity contribution < 1.29 is 24.5 Å². The number of ether oxygens (including phenoxy) is 1. The van der Waals surface area contributed by atoms with E-state index < -0.39 is 17.7 Å². The number of phenols is 1. The number of hydrogen-bond donors (Lipinski definition) is 2. The molecule has 0 spiro atoms. The van der Waals surface area contributed by atoms with Crippen molar-refractivity contribution in [3.63, 3.8) is 0 Å². The average molecular weight is 443 g/mol. The Morgan fingerprint density at radius 2 is 1.61 bits per heavy atom. The smallest absolute Gasteiger partial charge is 0.300 e. The molecule has 1 unspecified atom stereocenters. The Morgan fingerprint density at radius 3 is 2.21 bits per heavy atom. The SMILES string of the molecule is COc1ccc(/C(O)=C2\C(=O)C(=O)N(c3ccc(C)cc3C)C2c2ccc(O)cc2)c(C)c1. The monoisotopic (exact) mass is 443 g/mol. The minimum atomic E-state index is -0.853. The van der Waals surface area contributed by atoms with Gasteiger partial charge in [-0.1, -0.05) is 29.8 Å². The summed E-state index contributed by atoms with van der Waals surface area (Å²) >= 11 is 0. The third-order valence-electron chi connectivity index (χ3n) is 5.95. The largest absolute Gasteiger partial charge is 0.508 e. The maximum atomic E-state index is 13.3. The highest BCUT2D eigenvalue weighted by Gasteiger charge is 2.47. The van der Waals surface area contributed by atoms with E-state index in [1.54, 1.807) is 44.4 Å². The number of aliphatic hydroxyl groups excluding tert-OH is 1. The molecule has 1 amide bonds. The molecule has 1 saturated heterocycles. The topological polar surface area (TPSA) is 87.1 Å². The molecule has 3 aromatic carbocycles. The summed E-state index contributed by atoms with van der Waals surface area (Å²) in [5.74, 6) is -1.05. The van der Waals surface area contributed by atoms with Gasteiger partial charge in [0, 0.05) is 11.3 Å². The first-order valence-electron chi connectivity index (χ1n) is 10.5. The lowest BCUT2D eigenvalue weighted by Crippen LogP contribution is -2.30. The van der Waals surface area contributed by atoms with E-state index >= 15 is 0 Å². The normalized spacial score (nSPS) is 17.5. The third-order valence-corrected chi connectivity index (χ3v) is 5.95. The van der Waals surface area contributed by atoms with E-state index in [2.05, 4.69) is 0 Å². The van der Waals surface area contributed by atoms with Crippen LogP contribution in [0.25, 0.3) is 5.76 Å². The van der Waals surface area contributed by atoms with Crippen molar-refractivity contribution in [3.8, 4) is 11.5 Å². The lowest BCUT2D eigenvalue weighted by atomic mass is 9.93. The number of methoxy groups -OCH3 is 1. The quantitative estimate of drug-likeness (QED) is 0.338. The van der Waals surface area contributed by atoms with Gasteiger partial charge in [0.15, 0.2) is 0 Å². The molecule has 1 fully saturated rings. The fraction of sp³-hybridized carbons (Fsp3) is 0.185. The Hall–Kier alpha value is -4.06. The molecule has 1 atom stereocenters. The van der Waals surface area contributed by atoms with Gasteiger partial charge >= 0.3 is 0 Å². The van der Waals surface area contributed by atoms with Crippen LogP contribution in [0.15, 0.2) is 66.2 Å². The Bertz CT molecular complexity index is 1290. The van der Waals surface area contributed by atoms with Crippen LogP contribution in [0.5, 0.6) is 11.5 Å². The summed E-state index contributed by atoms with van der Waals surface area (Å²) in [5, 5.41) is 21.1. The number of phenolic OH excluding ortho intramolecular Hbond substituents is 1. The van der Waals surface area contributed by atoms with Crippen LogP contribution >= 0.6 is 0 Å². The van der Waals surface area contributed by atoms with E-state index in [4.69, 9.17) is 4.74 Å². The number of carbonyl (C=O) groups is 2. The zero-order valence-electron chi connectivity index (χ0n) is 18.9. The molecule has 1 aliphatic rings. The molecule has 3 aromatic rings. The van der Waals surface area contributed by atoms with Gasteiger partial charge in [-0.15, -0.1) is 0 Å². The Kier molecular flexibility index (Phi) is 5.68. The number of ketones is 1. The molecule has 33 heavy (non-hydrogen) atoms. The van der Waals surface area contributed by atoms with Gasteiger partial charge in [-0.3, -0.25) is 14.5 Å². The van der Waals surface area contributed by atoms with Crippen molar-refractivity contribution >= 4 is 23.1 Å². The predicted octanol–water partition coefficient (Wildman–Crippen LogP) is 4.95. The molecular formula is C27H25NO5. The summed E-state index contributed by atoms with van der Waals surface area (Å²) in [7, 11) is 1.55. The Morgan fingerprint density at radius 1 is 0.909 bits per heavy atom. The van der Waals surface area contributed by atoms with Crippen LogP contribution in [0.4, 0.5) is 5.69 Å². The maximum absolute atomic E-state index is 13.3. The van der Waals surface area contributed by atoms with Crippen LogP contribution in [-0.2, 0) is 9.59 Å². The fourth-order valence-corrected chi connectivity index (χ4v) is 4.30. The number of aryl methyl sites for hydroxylation is 3. The van der Waals surface area contributed by atoms with E-state index in [1.807, 2.05) is 32.0 Å². The van der Waals surface area contributed by atoms with Crippen LogP contribution < -0.4 is 9.64 Å². The summed E-state index contributed by atoms with van der Waals surface area (Å²) in [4.78, 5) is 28.0. The number of amides is 1. The number of aliphatic hydroxyl groups is 1. The first-order valence-corrected chi connectivity index (χ1v) is 10.5. The van der Waals surface area contributed by atoms with E-state index in [-0.39, 0.29) is 17.1 Å². The summed E-state index contributed by atoms with van der Waals surface area (Å²) in [5.41, 5.74) is 4.20. The van der Waals surface area contributed by atoms with Gasteiger partial charge in [0.2, 0.25) is 0 Å². The fourth-order valence-electron chi connectivity index (χ4n) is 4.30. The number of Topliss-reactive ketones (excluding diaryl/α,β-unsaturated/α-hetero) is 1.